The summed E-state index contributed by atoms with van der Waals surface area (Å²) in [6.07, 6.45) is 4.19. The highest BCUT2D eigenvalue weighted by Crippen LogP contribution is 2.31. The molecule has 1 saturated heterocycles. The third-order valence-electron chi connectivity index (χ3n) is 4.97. The van der Waals surface area contributed by atoms with Crippen molar-refractivity contribution in [3.8, 4) is 0 Å². The fourth-order valence-corrected chi connectivity index (χ4v) is 4.94. The van der Waals surface area contributed by atoms with E-state index < -0.39 is 15.8 Å². The lowest BCUT2D eigenvalue weighted by atomic mass is 10.1. The Balaban J connectivity index is 0.000000806. The van der Waals surface area contributed by atoms with Crippen LogP contribution in [-0.2, 0) is 14.8 Å². The van der Waals surface area contributed by atoms with E-state index in [1.807, 2.05) is 0 Å². The van der Waals surface area contributed by atoms with E-state index in [0.29, 0.717) is 17.1 Å². The molecule has 3 heterocycles. The number of fused-ring (bicyclic) bond motifs is 1. The van der Waals surface area contributed by atoms with Gasteiger partial charge in [-0.1, -0.05) is 19.1 Å². The summed E-state index contributed by atoms with van der Waals surface area (Å²) in [6, 6.07) is 9.15. The Bertz CT molecular complexity index is 1130. The predicted molar refractivity (Wildman–Crippen MR) is 112 cm³/mol. The van der Waals surface area contributed by atoms with E-state index in [-0.39, 0.29) is 11.4 Å². The summed E-state index contributed by atoms with van der Waals surface area (Å²) in [5.74, 6) is -0.766. The average Bonchev–Trinajstić information content (AvgIpc) is 3.15. The second-order valence-corrected chi connectivity index (χ2v) is 8.51. The van der Waals surface area contributed by atoms with Crippen molar-refractivity contribution < 1.29 is 22.7 Å². The molecule has 3 aromatic rings. The molecule has 4 rings (SSSR count). The molecule has 2 aromatic heterocycles. The molecule has 0 unspecified atom stereocenters. The third-order valence-corrected chi connectivity index (χ3v) is 6.68. The first-order valence-electron chi connectivity index (χ1n) is 9.46. The van der Waals surface area contributed by atoms with Gasteiger partial charge in [-0.05, 0) is 30.7 Å². The van der Waals surface area contributed by atoms with Crippen LogP contribution in [-0.4, -0.2) is 54.6 Å². The van der Waals surface area contributed by atoms with Crippen molar-refractivity contribution in [3.63, 3.8) is 0 Å². The number of nitrogens with one attached hydrogen (secondary N) is 1. The number of anilines is 1. The molecular formula is C20H23FN4O4S. The van der Waals surface area contributed by atoms with Crippen molar-refractivity contribution in [1.29, 1.82) is 0 Å². The summed E-state index contributed by atoms with van der Waals surface area (Å²) < 4.78 is 41.6. The van der Waals surface area contributed by atoms with Crippen LogP contribution in [0.2, 0.25) is 0 Å². The van der Waals surface area contributed by atoms with Gasteiger partial charge in [0.05, 0.1) is 11.2 Å². The van der Waals surface area contributed by atoms with Crippen molar-refractivity contribution in [1.82, 2.24) is 14.3 Å². The minimum Gasteiger partial charge on any atom is -0.483 e. The molecule has 0 spiro atoms. The number of benzene rings is 1. The number of pyridine rings is 1. The van der Waals surface area contributed by atoms with E-state index in [1.54, 1.807) is 24.5 Å². The van der Waals surface area contributed by atoms with Gasteiger partial charge in [0.1, 0.15) is 16.2 Å². The highest BCUT2D eigenvalue weighted by atomic mass is 32.2. The lowest BCUT2D eigenvalue weighted by Crippen LogP contribution is -2.50. The van der Waals surface area contributed by atoms with Crippen LogP contribution in [0.3, 0.4) is 0 Å². The summed E-state index contributed by atoms with van der Waals surface area (Å²) in [4.78, 5) is 14.6. The summed E-state index contributed by atoms with van der Waals surface area (Å²) in [6.45, 7) is 4.21. The van der Waals surface area contributed by atoms with Gasteiger partial charge < -0.3 is 15.3 Å². The molecule has 1 aliphatic heterocycles. The first-order chi connectivity index (χ1) is 14.4. The van der Waals surface area contributed by atoms with Gasteiger partial charge in [-0.15, -0.1) is 0 Å². The molecule has 0 saturated carbocycles. The lowest BCUT2D eigenvalue weighted by molar-refractivity contribution is -0.122. The highest BCUT2D eigenvalue weighted by molar-refractivity contribution is 7.90. The number of hydrogen-bond acceptors (Lipinski definition) is 6. The molecule has 1 aliphatic rings. The summed E-state index contributed by atoms with van der Waals surface area (Å²) in [7, 11) is -4.07. The van der Waals surface area contributed by atoms with Gasteiger partial charge in [-0.2, -0.15) is 0 Å². The standard InChI is InChI=1S/C19H21FN4O2S.CH2O2/c1-2-14-12-23(11-10-21-14)17-13-24(16-7-5-9-22-19(16)17)27(25,26)18-8-4-3-6-15(18)20;2-1-3/h3-9,13-14,21H,2,10-12H2,1H3;1H,(H,2,3)/t14-;/m1./s1. The Morgan fingerprint density at radius 2 is 2.03 bits per heavy atom. The van der Waals surface area contributed by atoms with Gasteiger partial charge in [-0.25, -0.2) is 16.8 Å². The van der Waals surface area contributed by atoms with Crippen molar-refractivity contribution in [3.05, 3.63) is 54.6 Å². The predicted octanol–water partition coefficient (Wildman–Crippen LogP) is 2.30. The van der Waals surface area contributed by atoms with E-state index in [4.69, 9.17) is 9.90 Å². The summed E-state index contributed by atoms with van der Waals surface area (Å²) in [5.41, 5.74) is 1.81. The molecule has 0 radical (unpaired) electrons. The zero-order chi connectivity index (χ0) is 21.7. The van der Waals surface area contributed by atoms with Gasteiger partial charge >= 0.3 is 0 Å². The number of hydrogen-bond donors (Lipinski definition) is 2. The van der Waals surface area contributed by atoms with Gasteiger partial charge in [0.15, 0.2) is 0 Å². The molecule has 0 amide bonds. The van der Waals surface area contributed by atoms with E-state index in [1.165, 1.54) is 18.2 Å². The number of piperazine rings is 1. The Morgan fingerprint density at radius 3 is 2.73 bits per heavy atom. The molecule has 2 N–H and O–H groups in total. The molecule has 160 valence electrons. The normalized spacial score (nSPS) is 16.7. The molecule has 1 atom stereocenters. The van der Waals surface area contributed by atoms with Crippen LogP contribution < -0.4 is 10.2 Å². The molecule has 0 bridgehead atoms. The first-order valence-corrected chi connectivity index (χ1v) is 10.9. The number of carbonyl (C=O) groups is 1. The van der Waals surface area contributed by atoms with E-state index in [2.05, 4.69) is 22.1 Å². The number of aromatic nitrogens is 2. The van der Waals surface area contributed by atoms with Gasteiger partial charge in [-0.3, -0.25) is 9.78 Å². The van der Waals surface area contributed by atoms with Crippen molar-refractivity contribution in [2.45, 2.75) is 24.3 Å². The zero-order valence-corrected chi connectivity index (χ0v) is 17.2. The molecule has 30 heavy (non-hydrogen) atoms. The quantitative estimate of drug-likeness (QED) is 0.607. The van der Waals surface area contributed by atoms with Gasteiger partial charge in [0.2, 0.25) is 0 Å². The summed E-state index contributed by atoms with van der Waals surface area (Å²) >= 11 is 0. The smallest absolute Gasteiger partial charge is 0.290 e. The fourth-order valence-electron chi connectivity index (χ4n) is 3.52. The van der Waals surface area contributed by atoms with Crippen LogP contribution in [0, 0.1) is 5.82 Å². The topological polar surface area (TPSA) is 105 Å². The second kappa shape index (κ2) is 9.23. The van der Waals surface area contributed by atoms with Crippen LogP contribution in [0.1, 0.15) is 13.3 Å². The number of carboxylic acid groups (broad SMARTS) is 1. The van der Waals surface area contributed by atoms with Crippen molar-refractivity contribution >= 4 is 33.2 Å². The lowest BCUT2D eigenvalue weighted by Gasteiger charge is -2.34. The van der Waals surface area contributed by atoms with E-state index in [0.717, 1.165) is 41.8 Å². The fraction of sp³-hybridized carbons (Fsp3) is 0.300. The third kappa shape index (κ3) is 4.14. The maximum absolute atomic E-state index is 14.2. The van der Waals surface area contributed by atoms with Crippen LogP contribution in [0.4, 0.5) is 10.1 Å². The van der Waals surface area contributed by atoms with Crippen LogP contribution in [0.5, 0.6) is 0 Å². The molecule has 10 heteroatoms. The van der Waals surface area contributed by atoms with Gasteiger partial charge in [0.25, 0.3) is 16.5 Å². The van der Waals surface area contributed by atoms with Crippen LogP contribution in [0.15, 0.2) is 53.7 Å². The Labute approximate surface area is 174 Å². The Hall–Kier alpha value is -2.98. The molecule has 0 aliphatic carbocycles. The largest absolute Gasteiger partial charge is 0.483 e. The SMILES string of the molecule is CC[C@@H]1CN(c2cn(S(=O)(=O)c3ccccc3F)c3cccnc23)CCN1.O=CO. The minimum absolute atomic E-state index is 0.250. The molecule has 8 nitrogen and oxygen atoms in total. The molecule has 1 aromatic carbocycles. The maximum Gasteiger partial charge on any atom is 0.290 e. The second-order valence-electron chi connectivity index (χ2n) is 6.73. The number of nitrogens with zero attached hydrogens (tertiary/aromatic N) is 3. The van der Waals surface area contributed by atoms with Crippen LogP contribution in [0.25, 0.3) is 11.0 Å². The maximum atomic E-state index is 14.2. The average molecular weight is 434 g/mol. The summed E-state index contributed by atoms with van der Waals surface area (Å²) in [5, 5.41) is 10.3. The van der Waals surface area contributed by atoms with Gasteiger partial charge in [0, 0.05) is 38.1 Å². The highest BCUT2D eigenvalue weighted by Gasteiger charge is 2.27. The molecular weight excluding hydrogens is 411 g/mol. The van der Waals surface area contributed by atoms with E-state index in [9.17, 15) is 12.8 Å². The first kappa shape index (κ1) is 21.7. The monoisotopic (exact) mass is 434 g/mol. The zero-order valence-electron chi connectivity index (χ0n) is 16.4. The molecule has 1 fully saturated rings. The van der Waals surface area contributed by atoms with Crippen molar-refractivity contribution in [2.24, 2.45) is 0 Å². The van der Waals surface area contributed by atoms with Crippen LogP contribution >= 0.6 is 0 Å². The number of rotatable bonds is 4. The number of halogens is 1. The Kier molecular flexibility index (Phi) is 6.68. The minimum atomic E-state index is -4.07. The van der Waals surface area contributed by atoms with Crippen molar-refractivity contribution in [2.75, 3.05) is 24.5 Å². The van der Waals surface area contributed by atoms with E-state index >= 15 is 0 Å². The Morgan fingerprint density at radius 1 is 1.30 bits per heavy atom.